The third kappa shape index (κ3) is 4.27. The number of anilines is 1. The fraction of sp³-hybridized carbons (Fsp3) is 0.438. The maximum atomic E-state index is 12.1. The van der Waals surface area contributed by atoms with Crippen LogP contribution in [0.4, 0.5) is 5.13 Å². The fourth-order valence-corrected chi connectivity index (χ4v) is 2.72. The van der Waals surface area contributed by atoms with Crippen LogP contribution in [0.3, 0.4) is 0 Å². The van der Waals surface area contributed by atoms with Crippen LogP contribution in [0.5, 0.6) is 5.75 Å². The highest BCUT2D eigenvalue weighted by Gasteiger charge is 2.17. The highest BCUT2D eigenvalue weighted by molar-refractivity contribution is 7.15. The number of nitrogens with one attached hydrogen (secondary N) is 1. The van der Waals surface area contributed by atoms with Gasteiger partial charge in [0.15, 0.2) is 6.10 Å². The predicted octanol–water partition coefficient (Wildman–Crippen LogP) is 3.51. The normalized spacial score (nSPS) is 12.0. The first-order valence-corrected chi connectivity index (χ1v) is 8.18. The minimum absolute atomic E-state index is 0.225. The third-order valence-electron chi connectivity index (χ3n) is 3.32. The molecule has 1 aromatic carbocycles. The molecule has 1 heterocycles. The van der Waals surface area contributed by atoms with Gasteiger partial charge in [-0.05, 0) is 50.5 Å². The summed E-state index contributed by atoms with van der Waals surface area (Å²) in [6.07, 6.45) is 1.29. The highest BCUT2D eigenvalue weighted by Crippen LogP contribution is 2.19. The second kappa shape index (κ2) is 7.35. The van der Waals surface area contributed by atoms with Crippen LogP contribution in [0.15, 0.2) is 18.2 Å². The Balaban J connectivity index is 1.94. The van der Waals surface area contributed by atoms with Crippen LogP contribution in [-0.2, 0) is 11.2 Å². The zero-order valence-corrected chi connectivity index (χ0v) is 14.2. The van der Waals surface area contributed by atoms with E-state index in [1.807, 2.05) is 32.0 Å². The van der Waals surface area contributed by atoms with Crippen molar-refractivity contribution in [3.63, 3.8) is 0 Å². The molecule has 0 fully saturated rings. The summed E-state index contributed by atoms with van der Waals surface area (Å²) < 4.78 is 5.68. The summed E-state index contributed by atoms with van der Waals surface area (Å²) in [4.78, 5) is 12.1. The summed E-state index contributed by atoms with van der Waals surface area (Å²) in [6.45, 7) is 7.86. The van der Waals surface area contributed by atoms with E-state index in [0.717, 1.165) is 23.4 Å². The molecule has 0 aliphatic heterocycles. The Labute approximate surface area is 134 Å². The first-order chi connectivity index (χ1) is 10.5. The Morgan fingerprint density at radius 1 is 1.32 bits per heavy atom. The molecular formula is C16H21N3O2S. The van der Waals surface area contributed by atoms with Gasteiger partial charge in [0.25, 0.3) is 5.91 Å². The van der Waals surface area contributed by atoms with Gasteiger partial charge in [-0.25, -0.2) is 0 Å². The predicted molar refractivity (Wildman–Crippen MR) is 88.5 cm³/mol. The molecule has 0 spiro atoms. The van der Waals surface area contributed by atoms with Gasteiger partial charge in [0, 0.05) is 6.42 Å². The van der Waals surface area contributed by atoms with Gasteiger partial charge in [-0.3, -0.25) is 10.1 Å². The van der Waals surface area contributed by atoms with Crippen LogP contribution in [0.25, 0.3) is 0 Å². The van der Waals surface area contributed by atoms with Crippen LogP contribution >= 0.6 is 11.3 Å². The Morgan fingerprint density at radius 2 is 2.09 bits per heavy atom. The third-order valence-corrected chi connectivity index (χ3v) is 4.22. The molecule has 0 aliphatic carbocycles. The minimum Gasteiger partial charge on any atom is -0.481 e. The van der Waals surface area contributed by atoms with Gasteiger partial charge >= 0.3 is 0 Å². The summed E-state index contributed by atoms with van der Waals surface area (Å²) in [5.74, 6) is 0.465. The van der Waals surface area contributed by atoms with Gasteiger partial charge in [0.05, 0.1) is 0 Å². The van der Waals surface area contributed by atoms with E-state index < -0.39 is 6.10 Å². The molecule has 1 amide bonds. The van der Waals surface area contributed by atoms with Gasteiger partial charge in [0.2, 0.25) is 5.13 Å². The lowest BCUT2D eigenvalue weighted by Crippen LogP contribution is -2.30. The van der Waals surface area contributed by atoms with E-state index in [1.54, 1.807) is 6.92 Å². The topological polar surface area (TPSA) is 64.1 Å². The van der Waals surface area contributed by atoms with Crippen molar-refractivity contribution in [1.29, 1.82) is 0 Å². The quantitative estimate of drug-likeness (QED) is 0.885. The Morgan fingerprint density at radius 3 is 2.77 bits per heavy atom. The lowest BCUT2D eigenvalue weighted by molar-refractivity contribution is -0.122. The second-order valence-corrected chi connectivity index (χ2v) is 6.31. The van der Waals surface area contributed by atoms with Crippen molar-refractivity contribution in [1.82, 2.24) is 10.2 Å². The minimum atomic E-state index is -0.597. The van der Waals surface area contributed by atoms with Crippen LogP contribution in [0.2, 0.25) is 0 Å². The number of hydrogen-bond acceptors (Lipinski definition) is 5. The van der Waals surface area contributed by atoms with E-state index >= 15 is 0 Å². The molecule has 22 heavy (non-hydrogen) atoms. The van der Waals surface area contributed by atoms with Crippen LogP contribution in [0, 0.1) is 13.8 Å². The molecule has 0 saturated carbocycles. The number of carbonyl (C=O) groups excluding carboxylic acids is 1. The summed E-state index contributed by atoms with van der Waals surface area (Å²) in [5, 5.41) is 12.2. The molecule has 0 saturated heterocycles. The summed E-state index contributed by atoms with van der Waals surface area (Å²) in [5.41, 5.74) is 2.33. The molecule has 6 heteroatoms. The van der Waals surface area contributed by atoms with Gasteiger partial charge in [-0.1, -0.05) is 24.3 Å². The van der Waals surface area contributed by atoms with Gasteiger partial charge in [0.1, 0.15) is 10.8 Å². The van der Waals surface area contributed by atoms with E-state index in [4.69, 9.17) is 4.74 Å². The SMILES string of the molecule is CCCc1nnc(NC(=O)C(C)Oc2ccc(C)c(C)c2)s1. The van der Waals surface area contributed by atoms with Crippen LogP contribution in [0.1, 0.15) is 36.4 Å². The van der Waals surface area contributed by atoms with Crippen molar-refractivity contribution in [2.45, 2.75) is 46.6 Å². The number of ether oxygens (including phenoxy) is 1. The van der Waals surface area contributed by atoms with Gasteiger partial charge in [-0.2, -0.15) is 0 Å². The molecule has 1 atom stereocenters. The summed E-state index contributed by atoms with van der Waals surface area (Å²) in [7, 11) is 0. The second-order valence-electron chi connectivity index (χ2n) is 5.25. The lowest BCUT2D eigenvalue weighted by atomic mass is 10.1. The number of rotatable bonds is 6. The van der Waals surface area contributed by atoms with E-state index in [1.165, 1.54) is 16.9 Å². The molecule has 1 unspecified atom stereocenters. The summed E-state index contributed by atoms with van der Waals surface area (Å²) >= 11 is 1.40. The van der Waals surface area contributed by atoms with Crippen LogP contribution < -0.4 is 10.1 Å². The molecule has 1 aromatic heterocycles. The standard InChI is InChI=1S/C16H21N3O2S/c1-5-6-14-18-19-16(22-14)17-15(20)12(4)21-13-8-7-10(2)11(3)9-13/h7-9,12H,5-6H2,1-4H3,(H,17,19,20). The molecule has 1 N–H and O–H groups in total. The maximum absolute atomic E-state index is 12.1. The number of hydrogen-bond donors (Lipinski definition) is 1. The molecule has 0 bridgehead atoms. The van der Waals surface area contributed by atoms with Gasteiger partial charge in [-0.15, -0.1) is 10.2 Å². The molecule has 2 aromatic rings. The zero-order chi connectivity index (χ0) is 16.1. The average molecular weight is 319 g/mol. The number of aromatic nitrogens is 2. The Bertz CT molecular complexity index is 655. The van der Waals surface area contributed by atoms with Crippen molar-refractivity contribution >= 4 is 22.4 Å². The van der Waals surface area contributed by atoms with Crippen LogP contribution in [-0.4, -0.2) is 22.2 Å². The monoisotopic (exact) mass is 319 g/mol. The largest absolute Gasteiger partial charge is 0.481 e. The van der Waals surface area contributed by atoms with Crippen molar-refractivity contribution in [3.05, 3.63) is 34.3 Å². The number of aryl methyl sites for hydroxylation is 3. The smallest absolute Gasteiger partial charge is 0.266 e. The van der Waals surface area contributed by atoms with E-state index in [0.29, 0.717) is 10.9 Å². The van der Waals surface area contributed by atoms with Crippen molar-refractivity contribution in [2.24, 2.45) is 0 Å². The molecular weight excluding hydrogens is 298 g/mol. The average Bonchev–Trinajstić information content (AvgIpc) is 2.90. The molecule has 0 radical (unpaired) electrons. The first-order valence-electron chi connectivity index (χ1n) is 7.36. The summed E-state index contributed by atoms with van der Waals surface area (Å²) in [6, 6.07) is 5.79. The molecule has 0 aliphatic rings. The van der Waals surface area contributed by atoms with E-state index in [2.05, 4.69) is 22.4 Å². The van der Waals surface area contributed by atoms with Crippen molar-refractivity contribution in [3.8, 4) is 5.75 Å². The first kappa shape index (κ1) is 16.4. The number of nitrogens with zero attached hydrogens (tertiary/aromatic N) is 2. The number of benzene rings is 1. The molecule has 5 nitrogen and oxygen atoms in total. The zero-order valence-electron chi connectivity index (χ0n) is 13.3. The fourth-order valence-electron chi connectivity index (χ4n) is 1.87. The Kier molecular flexibility index (Phi) is 5.49. The van der Waals surface area contributed by atoms with E-state index in [-0.39, 0.29) is 5.91 Å². The van der Waals surface area contributed by atoms with E-state index in [9.17, 15) is 4.79 Å². The number of carbonyl (C=O) groups is 1. The van der Waals surface area contributed by atoms with Crippen molar-refractivity contribution < 1.29 is 9.53 Å². The lowest BCUT2D eigenvalue weighted by Gasteiger charge is -2.14. The maximum Gasteiger partial charge on any atom is 0.266 e. The molecule has 2 rings (SSSR count). The Hall–Kier alpha value is -1.95. The van der Waals surface area contributed by atoms with Crippen molar-refractivity contribution in [2.75, 3.05) is 5.32 Å². The molecule has 118 valence electrons. The van der Waals surface area contributed by atoms with Gasteiger partial charge < -0.3 is 4.74 Å². The highest BCUT2D eigenvalue weighted by atomic mass is 32.1. The number of amides is 1.